The summed E-state index contributed by atoms with van der Waals surface area (Å²) < 4.78 is 1.65. The van der Waals surface area contributed by atoms with Gasteiger partial charge in [-0.05, 0) is 23.4 Å². The molecule has 0 aliphatic carbocycles. The first-order chi connectivity index (χ1) is 10.0. The number of hydrogen-bond acceptors (Lipinski definition) is 6. The first kappa shape index (κ1) is 15.7. The predicted molar refractivity (Wildman–Crippen MR) is 81.5 cm³/mol. The van der Waals surface area contributed by atoms with Crippen LogP contribution in [0.5, 0.6) is 0 Å². The number of rotatable bonds is 6. The summed E-state index contributed by atoms with van der Waals surface area (Å²) >= 11 is 0. The molecule has 0 unspecified atom stereocenters. The molecule has 1 atom stereocenters. The van der Waals surface area contributed by atoms with Crippen LogP contribution >= 0.6 is 0 Å². The topological polar surface area (TPSA) is 79.5 Å². The fourth-order valence-corrected chi connectivity index (χ4v) is 2.65. The Bertz CT molecular complexity index is 481. The van der Waals surface area contributed by atoms with Gasteiger partial charge in [-0.1, -0.05) is 6.92 Å². The third-order valence-electron chi connectivity index (χ3n) is 4.13. The molecule has 0 bridgehead atoms. The fraction of sp³-hybridized carbons (Fsp3) is 0.769. The summed E-state index contributed by atoms with van der Waals surface area (Å²) in [7, 11) is 1.76. The zero-order chi connectivity index (χ0) is 15.4. The van der Waals surface area contributed by atoms with E-state index in [1.807, 2.05) is 0 Å². The van der Waals surface area contributed by atoms with E-state index in [-0.39, 0.29) is 5.82 Å². The van der Waals surface area contributed by atoms with Gasteiger partial charge < -0.3 is 20.3 Å². The maximum atomic E-state index is 10.9. The molecule has 1 fully saturated rings. The molecule has 21 heavy (non-hydrogen) atoms. The van der Waals surface area contributed by atoms with E-state index in [0.717, 1.165) is 32.7 Å². The predicted octanol–water partition coefficient (Wildman–Crippen LogP) is 0.766. The Morgan fingerprint density at radius 2 is 2.10 bits per heavy atom. The molecule has 8 heteroatoms. The van der Waals surface area contributed by atoms with Crippen molar-refractivity contribution in [2.45, 2.75) is 19.9 Å². The molecule has 2 rings (SSSR count). The van der Waals surface area contributed by atoms with Crippen molar-refractivity contribution in [2.75, 3.05) is 44.6 Å². The number of hydrogen-bond donors (Lipinski definition) is 1. The number of aromatic nitrogens is 2. The standard InChI is InChI=1S/C13H24N6O2/c1-4-17-5-7-18(8-6-17)11(2)9-14-12-13(19(20)21)15-10-16(12)3/h10-11,14H,4-9H2,1-3H3/t11-/m0/s1. The van der Waals surface area contributed by atoms with Crippen molar-refractivity contribution in [1.82, 2.24) is 19.4 Å². The maximum absolute atomic E-state index is 10.9. The molecule has 2 heterocycles. The summed E-state index contributed by atoms with van der Waals surface area (Å²) in [6, 6.07) is 0.332. The molecule has 0 saturated carbocycles. The molecule has 1 saturated heterocycles. The van der Waals surface area contributed by atoms with Crippen LogP contribution < -0.4 is 5.32 Å². The zero-order valence-corrected chi connectivity index (χ0v) is 12.9. The molecule has 0 spiro atoms. The maximum Gasteiger partial charge on any atom is 0.406 e. The third kappa shape index (κ3) is 3.70. The molecule has 8 nitrogen and oxygen atoms in total. The van der Waals surface area contributed by atoms with Crippen LogP contribution in [-0.2, 0) is 7.05 Å². The zero-order valence-electron chi connectivity index (χ0n) is 12.9. The highest BCUT2D eigenvalue weighted by atomic mass is 16.6. The minimum Gasteiger partial charge on any atom is -0.363 e. The molecule has 1 N–H and O–H groups in total. The van der Waals surface area contributed by atoms with Gasteiger partial charge in [0.15, 0.2) is 0 Å². The number of likely N-dealkylation sites (N-methyl/N-ethyl adjacent to an activating group) is 1. The normalized spacial score (nSPS) is 18.6. The first-order valence-electron chi connectivity index (χ1n) is 7.39. The number of piperazine rings is 1. The van der Waals surface area contributed by atoms with Crippen molar-refractivity contribution in [1.29, 1.82) is 0 Å². The van der Waals surface area contributed by atoms with Gasteiger partial charge in [-0.3, -0.25) is 9.47 Å². The summed E-state index contributed by atoms with van der Waals surface area (Å²) in [5, 5.41) is 14.1. The van der Waals surface area contributed by atoms with Crippen LogP contribution in [0.1, 0.15) is 13.8 Å². The Kier molecular flexibility index (Phi) is 5.13. The van der Waals surface area contributed by atoms with E-state index >= 15 is 0 Å². The van der Waals surface area contributed by atoms with E-state index in [4.69, 9.17) is 0 Å². The van der Waals surface area contributed by atoms with Gasteiger partial charge in [-0.2, -0.15) is 0 Å². The number of aryl methyl sites for hydroxylation is 1. The van der Waals surface area contributed by atoms with E-state index in [1.165, 1.54) is 6.33 Å². The molecule has 0 radical (unpaired) electrons. The van der Waals surface area contributed by atoms with Crippen LogP contribution in [0, 0.1) is 10.1 Å². The third-order valence-corrected chi connectivity index (χ3v) is 4.13. The van der Waals surface area contributed by atoms with Gasteiger partial charge in [0.2, 0.25) is 12.1 Å². The van der Waals surface area contributed by atoms with Crippen molar-refractivity contribution >= 4 is 11.6 Å². The molecule has 1 aromatic heterocycles. The Morgan fingerprint density at radius 3 is 2.67 bits per heavy atom. The lowest BCUT2D eigenvalue weighted by atomic mass is 10.2. The summed E-state index contributed by atoms with van der Waals surface area (Å²) in [5.41, 5.74) is 0. The summed E-state index contributed by atoms with van der Waals surface area (Å²) in [4.78, 5) is 19.1. The van der Waals surface area contributed by atoms with E-state index < -0.39 is 4.92 Å². The average Bonchev–Trinajstić information content (AvgIpc) is 2.86. The summed E-state index contributed by atoms with van der Waals surface area (Å²) in [6.45, 7) is 10.4. The molecule has 1 aromatic rings. The van der Waals surface area contributed by atoms with Gasteiger partial charge in [-0.15, -0.1) is 0 Å². The second-order valence-corrected chi connectivity index (χ2v) is 5.48. The van der Waals surface area contributed by atoms with Crippen LogP contribution in [0.2, 0.25) is 0 Å². The Labute approximate surface area is 124 Å². The lowest BCUT2D eigenvalue weighted by molar-refractivity contribution is -0.388. The van der Waals surface area contributed by atoms with Gasteiger partial charge in [0.05, 0.1) is 0 Å². The lowest BCUT2D eigenvalue weighted by Gasteiger charge is -2.37. The minimum atomic E-state index is -0.451. The largest absolute Gasteiger partial charge is 0.406 e. The molecular formula is C13H24N6O2. The van der Waals surface area contributed by atoms with Gasteiger partial charge >= 0.3 is 5.82 Å². The van der Waals surface area contributed by atoms with Crippen LogP contribution in [0.15, 0.2) is 6.33 Å². The van der Waals surface area contributed by atoms with Crippen molar-refractivity contribution in [3.63, 3.8) is 0 Å². The highest BCUT2D eigenvalue weighted by Gasteiger charge is 2.23. The minimum absolute atomic E-state index is 0.111. The number of anilines is 1. The Balaban J connectivity index is 1.88. The number of nitrogens with zero attached hydrogens (tertiary/aromatic N) is 5. The van der Waals surface area contributed by atoms with Crippen LogP contribution in [0.4, 0.5) is 11.6 Å². The van der Waals surface area contributed by atoms with Crippen molar-refractivity contribution < 1.29 is 4.92 Å². The number of nitro groups is 1. The van der Waals surface area contributed by atoms with E-state index in [2.05, 4.69) is 33.9 Å². The van der Waals surface area contributed by atoms with E-state index in [9.17, 15) is 10.1 Å². The molecular weight excluding hydrogens is 272 g/mol. The molecule has 0 aromatic carbocycles. The van der Waals surface area contributed by atoms with E-state index in [1.54, 1.807) is 11.6 Å². The van der Waals surface area contributed by atoms with Gasteiger partial charge in [0, 0.05) is 45.8 Å². The van der Waals surface area contributed by atoms with Gasteiger partial charge in [0.25, 0.3) is 0 Å². The van der Waals surface area contributed by atoms with Crippen molar-refractivity contribution in [3.05, 3.63) is 16.4 Å². The second kappa shape index (κ2) is 6.86. The smallest absolute Gasteiger partial charge is 0.363 e. The number of imidazole rings is 1. The molecule has 1 aliphatic rings. The molecule has 1 aliphatic heterocycles. The van der Waals surface area contributed by atoms with Crippen LogP contribution in [0.25, 0.3) is 0 Å². The monoisotopic (exact) mass is 296 g/mol. The summed E-state index contributed by atoms with van der Waals surface area (Å²) in [5.74, 6) is 0.361. The first-order valence-corrected chi connectivity index (χ1v) is 7.39. The molecule has 0 amide bonds. The second-order valence-electron chi connectivity index (χ2n) is 5.48. The quantitative estimate of drug-likeness (QED) is 0.617. The highest BCUT2D eigenvalue weighted by Crippen LogP contribution is 2.21. The van der Waals surface area contributed by atoms with Gasteiger partial charge in [0.1, 0.15) is 0 Å². The fourth-order valence-electron chi connectivity index (χ4n) is 2.65. The van der Waals surface area contributed by atoms with Crippen molar-refractivity contribution in [2.24, 2.45) is 7.05 Å². The van der Waals surface area contributed by atoms with Gasteiger partial charge in [-0.25, -0.2) is 0 Å². The highest BCUT2D eigenvalue weighted by molar-refractivity contribution is 5.52. The van der Waals surface area contributed by atoms with Crippen LogP contribution in [0.3, 0.4) is 0 Å². The number of nitrogens with one attached hydrogen (secondary N) is 1. The summed E-state index contributed by atoms with van der Waals surface area (Å²) in [6.07, 6.45) is 1.46. The molecule has 118 valence electrons. The Morgan fingerprint density at radius 1 is 1.43 bits per heavy atom. The lowest BCUT2D eigenvalue weighted by Crippen LogP contribution is -2.51. The SMILES string of the molecule is CCN1CCN([C@@H](C)CNc2c([N+](=O)[O-])ncn2C)CC1. The van der Waals surface area contributed by atoms with Crippen molar-refractivity contribution in [3.8, 4) is 0 Å². The average molecular weight is 296 g/mol. The Hall–Kier alpha value is -1.67. The van der Waals surface area contributed by atoms with E-state index in [0.29, 0.717) is 18.4 Å². The van der Waals surface area contributed by atoms with Crippen LogP contribution in [-0.4, -0.2) is 69.6 Å².